The Bertz CT molecular complexity index is 460. The highest BCUT2D eigenvalue weighted by Crippen LogP contribution is 2.22. The van der Waals surface area contributed by atoms with Gasteiger partial charge in [0.05, 0.1) is 5.56 Å². The Kier molecular flexibility index (Phi) is 4.58. The van der Waals surface area contributed by atoms with Crippen LogP contribution in [0.3, 0.4) is 0 Å². The second-order valence-electron chi connectivity index (χ2n) is 5.20. The van der Waals surface area contributed by atoms with E-state index < -0.39 is 5.82 Å². The van der Waals surface area contributed by atoms with Crippen LogP contribution in [0.5, 0.6) is 0 Å². The molecule has 0 aliphatic carbocycles. The molecule has 0 aromatic heterocycles. The summed E-state index contributed by atoms with van der Waals surface area (Å²) in [5, 5.41) is 0. The lowest BCUT2D eigenvalue weighted by molar-refractivity contribution is 0.0768. The van der Waals surface area contributed by atoms with Crippen LogP contribution >= 0.6 is 15.9 Å². The number of halogens is 2. The van der Waals surface area contributed by atoms with Crippen LogP contribution in [-0.4, -0.2) is 49.4 Å². The standard InChI is InChI=1S/C14H18BrFN2O/c1-17-7-6-10(8-17)9-18(2)14(19)13-11(15)4-3-5-12(13)16/h3-5,10H,6-9H2,1-2H3. The second-order valence-corrected chi connectivity index (χ2v) is 6.05. The highest BCUT2D eigenvalue weighted by atomic mass is 79.9. The molecule has 0 N–H and O–H groups in total. The van der Waals surface area contributed by atoms with E-state index in [1.807, 2.05) is 0 Å². The molecule has 1 saturated heterocycles. The highest BCUT2D eigenvalue weighted by Gasteiger charge is 2.25. The molecule has 5 heteroatoms. The van der Waals surface area contributed by atoms with E-state index in [4.69, 9.17) is 0 Å². The molecule has 1 fully saturated rings. The average Bonchev–Trinajstić information content (AvgIpc) is 2.74. The number of likely N-dealkylation sites (tertiary alicyclic amines) is 1. The number of carbonyl (C=O) groups is 1. The van der Waals surface area contributed by atoms with Gasteiger partial charge in [-0.1, -0.05) is 6.07 Å². The van der Waals surface area contributed by atoms with Gasteiger partial charge in [0.2, 0.25) is 0 Å². The Labute approximate surface area is 121 Å². The van der Waals surface area contributed by atoms with Gasteiger partial charge < -0.3 is 9.80 Å². The van der Waals surface area contributed by atoms with E-state index in [1.54, 1.807) is 24.1 Å². The Morgan fingerprint density at radius 2 is 2.32 bits per heavy atom. The van der Waals surface area contributed by atoms with Gasteiger partial charge in [-0.25, -0.2) is 4.39 Å². The number of nitrogens with zero attached hydrogens (tertiary/aromatic N) is 2. The molecular formula is C14H18BrFN2O. The Morgan fingerprint density at radius 3 is 2.89 bits per heavy atom. The fraction of sp³-hybridized carbons (Fsp3) is 0.500. The van der Waals surface area contributed by atoms with Gasteiger partial charge in [0.15, 0.2) is 0 Å². The molecule has 1 heterocycles. The first-order valence-corrected chi connectivity index (χ1v) is 7.16. The minimum atomic E-state index is -0.477. The molecule has 0 saturated carbocycles. The van der Waals surface area contributed by atoms with Crippen molar-refractivity contribution < 1.29 is 9.18 Å². The van der Waals surface area contributed by atoms with Crippen LogP contribution in [0.2, 0.25) is 0 Å². The van der Waals surface area contributed by atoms with E-state index in [1.165, 1.54) is 6.07 Å². The summed E-state index contributed by atoms with van der Waals surface area (Å²) in [5.74, 6) is -0.265. The van der Waals surface area contributed by atoms with Crippen molar-refractivity contribution in [2.45, 2.75) is 6.42 Å². The fourth-order valence-electron chi connectivity index (χ4n) is 2.54. The predicted octanol–water partition coefficient (Wildman–Crippen LogP) is 2.61. The highest BCUT2D eigenvalue weighted by molar-refractivity contribution is 9.10. The third-order valence-corrected chi connectivity index (χ3v) is 4.21. The first-order chi connectivity index (χ1) is 8.99. The lowest BCUT2D eigenvalue weighted by Crippen LogP contribution is -2.33. The maximum atomic E-state index is 13.8. The first kappa shape index (κ1) is 14.5. The maximum Gasteiger partial charge on any atom is 0.257 e. The monoisotopic (exact) mass is 328 g/mol. The lowest BCUT2D eigenvalue weighted by Gasteiger charge is -2.22. The minimum absolute atomic E-state index is 0.122. The number of rotatable bonds is 3. The molecule has 104 valence electrons. The predicted molar refractivity (Wildman–Crippen MR) is 76.7 cm³/mol. The summed E-state index contributed by atoms with van der Waals surface area (Å²) in [6.45, 7) is 2.73. The average molecular weight is 329 g/mol. The molecule has 3 nitrogen and oxygen atoms in total. The third kappa shape index (κ3) is 3.34. The molecule has 1 aliphatic heterocycles. The number of hydrogen-bond acceptors (Lipinski definition) is 2. The quantitative estimate of drug-likeness (QED) is 0.851. The molecule has 1 amide bonds. The van der Waals surface area contributed by atoms with Gasteiger partial charge in [-0.2, -0.15) is 0 Å². The Hall–Kier alpha value is -0.940. The largest absolute Gasteiger partial charge is 0.341 e. The molecule has 1 aromatic carbocycles. The van der Waals surface area contributed by atoms with E-state index in [0.717, 1.165) is 19.5 Å². The van der Waals surface area contributed by atoms with Gasteiger partial charge >= 0.3 is 0 Å². The number of carbonyl (C=O) groups excluding carboxylic acids is 1. The van der Waals surface area contributed by atoms with Crippen LogP contribution in [0.4, 0.5) is 4.39 Å². The van der Waals surface area contributed by atoms with Gasteiger partial charge in [-0.3, -0.25) is 4.79 Å². The van der Waals surface area contributed by atoms with E-state index in [-0.39, 0.29) is 11.5 Å². The third-order valence-electron chi connectivity index (χ3n) is 3.54. The zero-order valence-electron chi connectivity index (χ0n) is 11.2. The number of hydrogen-bond donors (Lipinski definition) is 0. The van der Waals surface area contributed by atoms with Crippen LogP contribution in [0.15, 0.2) is 22.7 Å². The molecule has 1 unspecified atom stereocenters. The van der Waals surface area contributed by atoms with E-state index >= 15 is 0 Å². The first-order valence-electron chi connectivity index (χ1n) is 6.37. The van der Waals surface area contributed by atoms with Crippen molar-refractivity contribution in [1.82, 2.24) is 9.80 Å². The number of benzene rings is 1. The van der Waals surface area contributed by atoms with Crippen LogP contribution in [0, 0.1) is 11.7 Å². The summed E-state index contributed by atoms with van der Waals surface area (Å²) in [5.41, 5.74) is 0.122. The minimum Gasteiger partial charge on any atom is -0.341 e. The van der Waals surface area contributed by atoms with Crippen molar-refractivity contribution in [2.24, 2.45) is 5.92 Å². The van der Waals surface area contributed by atoms with Gasteiger partial charge in [-0.05, 0) is 54.0 Å². The fourth-order valence-corrected chi connectivity index (χ4v) is 3.05. The van der Waals surface area contributed by atoms with Crippen molar-refractivity contribution in [3.63, 3.8) is 0 Å². The Morgan fingerprint density at radius 1 is 1.58 bits per heavy atom. The van der Waals surface area contributed by atoms with Gasteiger partial charge in [0.1, 0.15) is 5.82 Å². The van der Waals surface area contributed by atoms with E-state index in [9.17, 15) is 9.18 Å². The molecular weight excluding hydrogens is 311 g/mol. The smallest absolute Gasteiger partial charge is 0.257 e. The SMILES string of the molecule is CN1CCC(CN(C)C(=O)c2c(F)cccc2Br)C1. The zero-order chi connectivity index (χ0) is 14.0. The summed E-state index contributed by atoms with van der Waals surface area (Å²) in [6.07, 6.45) is 1.09. The van der Waals surface area contributed by atoms with Crippen LogP contribution in [0.1, 0.15) is 16.8 Å². The molecule has 2 rings (SSSR count). The van der Waals surface area contributed by atoms with Crippen LogP contribution in [-0.2, 0) is 0 Å². The molecule has 19 heavy (non-hydrogen) atoms. The Balaban J connectivity index is 2.07. The topological polar surface area (TPSA) is 23.6 Å². The van der Waals surface area contributed by atoms with Crippen molar-refractivity contribution in [1.29, 1.82) is 0 Å². The lowest BCUT2D eigenvalue weighted by atomic mass is 10.1. The molecule has 0 bridgehead atoms. The van der Waals surface area contributed by atoms with E-state index in [0.29, 0.717) is 16.9 Å². The normalized spacial score (nSPS) is 19.7. The van der Waals surface area contributed by atoms with Crippen molar-refractivity contribution >= 4 is 21.8 Å². The molecule has 0 spiro atoms. The van der Waals surface area contributed by atoms with Crippen molar-refractivity contribution in [2.75, 3.05) is 33.7 Å². The zero-order valence-corrected chi connectivity index (χ0v) is 12.8. The van der Waals surface area contributed by atoms with Gasteiger partial charge in [0, 0.05) is 24.6 Å². The molecule has 0 radical (unpaired) electrons. The van der Waals surface area contributed by atoms with Crippen molar-refractivity contribution in [3.8, 4) is 0 Å². The van der Waals surface area contributed by atoms with E-state index in [2.05, 4.69) is 27.9 Å². The summed E-state index contributed by atoms with van der Waals surface area (Å²) in [4.78, 5) is 16.2. The van der Waals surface area contributed by atoms with Crippen molar-refractivity contribution in [3.05, 3.63) is 34.1 Å². The molecule has 1 atom stereocenters. The summed E-state index contributed by atoms with van der Waals surface area (Å²) in [7, 11) is 3.81. The van der Waals surface area contributed by atoms with Gasteiger partial charge in [-0.15, -0.1) is 0 Å². The van der Waals surface area contributed by atoms with Crippen LogP contribution in [0.25, 0.3) is 0 Å². The summed E-state index contributed by atoms with van der Waals surface area (Å²) >= 11 is 3.24. The van der Waals surface area contributed by atoms with Gasteiger partial charge in [0.25, 0.3) is 5.91 Å². The number of amides is 1. The second kappa shape index (κ2) is 6.01. The summed E-state index contributed by atoms with van der Waals surface area (Å²) < 4.78 is 14.3. The molecule has 1 aliphatic rings. The maximum absolute atomic E-state index is 13.8. The van der Waals surface area contributed by atoms with Crippen LogP contribution < -0.4 is 0 Å². The summed E-state index contributed by atoms with van der Waals surface area (Å²) in [6, 6.07) is 4.59. The molecule has 1 aromatic rings.